The molecule has 0 aromatic carbocycles. The minimum Gasteiger partial charge on any atom is -0.463 e. The summed E-state index contributed by atoms with van der Waals surface area (Å²) in [6.45, 7) is 7.23. The first-order chi connectivity index (χ1) is 8.45. The lowest BCUT2D eigenvalue weighted by Crippen LogP contribution is -2.11. The van der Waals surface area contributed by atoms with E-state index in [1.807, 2.05) is 19.9 Å². The van der Waals surface area contributed by atoms with Gasteiger partial charge in [-0.2, -0.15) is 0 Å². The summed E-state index contributed by atoms with van der Waals surface area (Å²) in [5.41, 5.74) is 2.09. The second-order valence-corrected chi connectivity index (χ2v) is 4.65. The molecule has 0 radical (unpaired) electrons. The van der Waals surface area contributed by atoms with Crippen molar-refractivity contribution in [2.45, 2.75) is 59.5 Å². The lowest BCUT2D eigenvalue weighted by molar-refractivity contribution is -0.145. The maximum Gasteiger partial charge on any atom is 0.302 e. The zero-order chi connectivity index (χ0) is 14.0. The number of ether oxygens (including phenoxy) is 1. The van der Waals surface area contributed by atoms with E-state index in [1.54, 1.807) is 0 Å². The Bertz CT molecular complexity index is 327. The van der Waals surface area contributed by atoms with Gasteiger partial charge in [-0.15, -0.1) is 0 Å². The van der Waals surface area contributed by atoms with Crippen LogP contribution >= 0.6 is 0 Å². The number of carbonyl (C=O) groups is 2. The van der Waals surface area contributed by atoms with Gasteiger partial charge in [0.2, 0.25) is 0 Å². The predicted molar refractivity (Wildman–Crippen MR) is 73.3 cm³/mol. The number of aldehydes is 1. The molecule has 0 amide bonds. The van der Waals surface area contributed by atoms with Crippen LogP contribution in [-0.2, 0) is 14.3 Å². The molecular formula is C15H24O3. The van der Waals surface area contributed by atoms with E-state index in [0.29, 0.717) is 0 Å². The Labute approximate surface area is 110 Å². The number of hydrogen-bond donors (Lipinski definition) is 0. The van der Waals surface area contributed by atoms with E-state index >= 15 is 0 Å². The molecule has 1 unspecified atom stereocenters. The molecule has 0 rings (SSSR count). The van der Waals surface area contributed by atoms with Crippen molar-refractivity contribution in [1.29, 1.82) is 0 Å². The van der Waals surface area contributed by atoms with Crippen LogP contribution in [0.1, 0.15) is 53.4 Å². The van der Waals surface area contributed by atoms with Gasteiger partial charge in [-0.25, -0.2) is 0 Å². The van der Waals surface area contributed by atoms with E-state index in [1.165, 1.54) is 12.5 Å². The highest BCUT2D eigenvalue weighted by atomic mass is 16.5. The van der Waals surface area contributed by atoms with Crippen molar-refractivity contribution in [3.8, 4) is 0 Å². The number of allylic oxidation sites excluding steroid dienone is 4. The van der Waals surface area contributed by atoms with Gasteiger partial charge in [-0.3, -0.25) is 9.59 Å². The quantitative estimate of drug-likeness (QED) is 0.287. The van der Waals surface area contributed by atoms with Crippen molar-refractivity contribution in [3.05, 3.63) is 23.3 Å². The topological polar surface area (TPSA) is 43.4 Å². The average molecular weight is 252 g/mol. The standard InChI is InChI=1S/C15H24O3/c1-12(7-5-9-13(2)11-16)8-6-10-14(3)18-15(4)17/h8-9,11,14H,5-7,10H2,1-4H3/b12-8+,13-9?. The van der Waals surface area contributed by atoms with Crippen LogP contribution in [0.15, 0.2) is 23.3 Å². The van der Waals surface area contributed by atoms with Gasteiger partial charge in [0.1, 0.15) is 6.29 Å². The van der Waals surface area contributed by atoms with Crippen LogP contribution in [-0.4, -0.2) is 18.4 Å². The van der Waals surface area contributed by atoms with E-state index in [9.17, 15) is 9.59 Å². The third kappa shape index (κ3) is 9.82. The molecule has 3 nitrogen and oxygen atoms in total. The third-order valence-corrected chi connectivity index (χ3v) is 2.62. The first-order valence-electron chi connectivity index (χ1n) is 6.40. The highest BCUT2D eigenvalue weighted by Gasteiger charge is 2.03. The van der Waals surface area contributed by atoms with Gasteiger partial charge in [0.05, 0.1) is 6.10 Å². The Hall–Kier alpha value is -1.38. The lowest BCUT2D eigenvalue weighted by Gasteiger charge is -2.10. The van der Waals surface area contributed by atoms with E-state index in [2.05, 4.69) is 13.0 Å². The van der Waals surface area contributed by atoms with Gasteiger partial charge in [-0.1, -0.05) is 17.7 Å². The zero-order valence-corrected chi connectivity index (χ0v) is 11.9. The van der Waals surface area contributed by atoms with Gasteiger partial charge in [-0.05, 0) is 52.0 Å². The molecule has 0 saturated carbocycles. The summed E-state index contributed by atoms with van der Waals surface area (Å²) in [5, 5.41) is 0. The molecule has 1 atom stereocenters. The molecule has 0 bridgehead atoms. The highest BCUT2D eigenvalue weighted by molar-refractivity contribution is 5.71. The minimum atomic E-state index is -0.224. The van der Waals surface area contributed by atoms with Gasteiger partial charge in [0.15, 0.2) is 0 Å². The normalized spacial score (nSPS) is 14.2. The lowest BCUT2D eigenvalue weighted by atomic mass is 10.1. The van der Waals surface area contributed by atoms with Crippen LogP contribution in [0.2, 0.25) is 0 Å². The molecule has 0 aromatic rings. The van der Waals surface area contributed by atoms with Crippen molar-refractivity contribution >= 4 is 12.3 Å². The predicted octanol–water partition coefficient (Wildman–Crippen LogP) is 3.59. The minimum absolute atomic E-state index is 0.0243. The van der Waals surface area contributed by atoms with E-state index in [-0.39, 0.29) is 12.1 Å². The summed E-state index contributed by atoms with van der Waals surface area (Å²) in [6.07, 6.45) is 8.59. The van der Waals surface area contributed by atoms with Crippen LogP contribution in [0.5, 0.6) is 0 Å². The fraction of sp³-hybridized carbons (Fsp3) is 0.600. The smallest absolute Gasteiger partial charge is 0.302 e. The third-order valence-electron chi connectivity index (χ3n) is 2.62. The Kier molecular flexibility index (Phi) is 8.89. The molecule has 0 aliphatic carbocycles. The van der Waals surface area contributed by atoms with Crippen molar-refractivity contribution in [2.24, 2.45) is 0 Å². The summed E-state index contributed by atoms with van der Waals surface area (Å²) < 4.78 is 5.04. The van der Waals surface area contributed by atoms with Crippen LogP contribution in [0.25, 0.3) is 0 Å². The Morgan fingerprint density at radius 3 is 2.39 bits per heavy atom. The highest BCUT2D eigenvalue weighted by Crippen LogP contribution is 2.10. The number of carbonyl (C=O) groups excluding carboxylic acids is 2. The maximum atomic E-state index is 10.7. The number of esters is 1. The fourth-order valence-electron chi connectivity index (χ4n) is 1.58. The van der Waals surface area contributed by atoms with Crippen molar-refractivity contribution in [3.63, 3.8) is 0 Å². The first kappa shape index (κ1) is 16.6. The second kappa shape index (κ2) is 9.63. The Morgan fingerprint density at radius 1 is 1.17 bits per heavy atom. The van der Waals surface area contributed by atoms with Crippen LogP contribution in [0, 0.1) is 0 Å². The Balaban J connectivity index is 3.84. The molecular weight excluding hydrogens is 228 g/mol. The van der Waals surface area contributed by atoms with E-state index < -0.39 is 0 Å². The van der Waals surface area contributed by atoms with Gasteiger partial charge in [0, 0.05) is 6.92 Å². The number of rotatable bonds is 8. The molecule has 0 aliphatic rings. The van der Waals surface area contributed by atoms with Crippen molar-refractivity contribution < 1.29 is 14.3 Å². The van der Waals surface area contributed by atoms with Crippen LogP contribution in [0.3, 0.4) is 0 Å². The summed E-state index contributed by atoms with van der Waals surface area (Å²) in [5.74, 6) is -0.224. The maximum absolute atomic E-state index is 10.7. The number of hydrogen-bond acceptors (Lipinski definition) is 3. The molecule has 0 N–H and O–H groups in total. The van der Waals surface area contributed by atoms with Crippen LogP contribution in [0.4, 0.5) is 0 Å². The summed E-state index contributed by atoms with van der Waals surface area (Å²) in [6, 6.07) is 0. The average Bonchev–Trinajstić information content (AvgIpc) is 2.27. The van der Waals surface area contributed by atoms with Gasteiger partial charge >= 0.3 is 5.97 Å². The molecule has 0 aliphatic heterocycles. The summed E-state index contributed by atoms with van der Waals surface area (Å²) in [7, 11) is 0. The molecule has 0 saturated heterocycles. The molecule has 102 valence electrons. The fourth-order valence-corrected chi connectivity index (χ4v) is 1.58. The Morgan fingerprint density at radius 2 is 1.83 bits per heavy atom. The first-order valence-corrected chi connectivity index (χ1v) is 6.40. The zero-order valence-electron chi connectivity index (χ0n) is 11.9. The molecule has 3 heteroatoms. The molecule has 0 heterocycles. The molecule has 0 fully saturated rings. The summed E-state index contributed by atoms with van der Waals surface area (Å²) in [4.78, 5) is 21.1. The van der Waals surface area contributed by atoms with E-state index in [0.717, 1.165) is 37.5 Å². The van der Waals surface area contributed by atoms with E-state index in [4.69, 9.17) is 4.74 Å². The SMILES string of the molecule is CC(=O)OC(C)CC/C=C(\C)CCC=C(C)C=O. The molecule has 0 aromatic heterocycles. The molecule has 18 heavy (non-hydrogen) atoms. The van der Waals surface area contributed by atoms with Crippen molar-refractivity contribution in [1.82, 2.24) is 0 Å². The van der Waals surface area contributed by atoms with Gasteiger partial charge in [0.25, 0.3) is 0 Å². The monoisotopic (exact) mass is 252 g/mol. The second-order valence-electron chi connectivity index (χ2n) is 4.65. The largest absolute Gasteiger partial charge is 0.463 e. The van der Waals surface area contributed by atoms with Gasteiger partial charge < -0.3 is 4.74 Å². The summed E-state index contributed by atoms with van der Waals surface area (Å²) >= 11 is 0. The van der Waals surface area contributed by atoms with Crippen molar-refractivity contribution in [2.75, 3.05) is 0 Å². The van der Waals surface area contributed by atoms with Crippen LogP contribution < -0.4 is 0 Å². The molecule has 0 spiro atoms.